The van der Waals surface area contributed by atoms with Crippen molar-refractivity contribution in [1.29, 1.82) is 0 Å². The number of carbonyl (C=O) groups is 4. The number of hydrogen-bond donors (Lipinski definition) is 2. The molecule has 14 heteroatoms. The molecule has 3 aromatic carbocycles. The molecule has 0 aromatic heterocycles. The summed E-state index contributed by atoms with van der Waals surface area (Å²) in [7, 11) is 0. The Morgan fingerprint density at radius 3 is 1.70 bits per heavy atom. The zero-order valence-corrected chi connectivity index (χ0v) is 29.8. The van der Waals surface area contributed by atoms with Crippen molar-refractivity contribution in [2.24, 2.45) is 11.5 Å². The highest BCUT2D eigenvalue weighted by atomic mass is 16.6. The van der Waals surface area contributed by atoms with Gasteiger partial charge in [0.15, 0.2) is 0 Å². The van der Waals surface area contributed by atoms with Gasteiger partial charge in [-0.25, -0.2) is 9.59 Å². The van der Waals surface area contributed by atoms with Crippen LogP contribution in [0.15, 0.2) is 78.9 Å². The molecular weight excluding hydrogens is 680 g/mol. The number of ether oxygens (including phenoxy) is 4. The van der Waals surface area contributed by atoms with Crippen molar-refractivity contribution in [2.45, 2.75) is 44.4 Å². The van der Waals surface area contributed by atoms with E-state index in [0.29, 0.717) is 83.0 Å². The van der Waals surface area contributed by atoms with Gasteiger partial charge in [0.1, 0.15) is 24.9 Å². The summed E-state index contributed by atoms with van der Waals surface area (Å²) >= 11 is 0. The lowest BCUT2D eigenvalue weighted by molar-refractivity contribution is -0.178. The second-order valence-electron chi connectivity index (χ2n) is 13.3. The molecule has 3 aliphatic rings. The molecule has 3 heterocycles. The Hall–Kier alpha value is -5.02. The summed E-state index contributed by atoms with van der Waals surface area (Å²) in [6, 6.07) is 24.1. The molecule has 3 saturated heterocycles. The topological polar surface area (TPSA) is 170 Å². The van der Waals surface area contributed by atoms with E-state index in [9.17, 15) is 19.2 Å². The van der Waals surface area contributed by atoms with Crippen LogP contribution in [0.25, 0.3) is 0 Å². The van der Waals surface area contributed by atoms with Gasteiger partial charge in [-0.1, -0.05) is 54.6 Å². The van der Waals surface area contributed by atoms with Gasteiger partial charge in [0.25, 0.3) is 11.8 Å². The summed E-state index contributed by atoms with van der Waals surface area (Å²) < 4.78 is 24.2. The van der Waals surface area contributed by atoms with E-state index in [-0.39, 0.29) is 31.6 Å². The molecule has 0 unspecified atom stereocenters. The molecule has 0 radical (unpaired) electrons. The first-order valence-corrected chi connectivity index (χ1v) is 18.1. The van der Waals surface area contributed by atoms with Crippen molar-refractivity contribution in [3.63, 3.8) is 0 Å². The number of nitrogens with zero attached hydrogens (tertiary/aromatic N) is 4. The van der Waals surface area contributed by atoms with E-state index in [4.69, 9.17) is 30.4 Å². The molecule has 4 amide bonds. The number of piperazine rings is 2. The van der Waals surface area contributed by atoms with Crippen LogP contribution in [0.1, 0.15) is 43.8 Å². The second-order valence-corrected chi connectivity index (χ2v) is 13.3. The molecule has 6 rings (SSSR count). The number of hydrogen-bond acceptors (Lipinski definition) is 10. The van der Waals surface area contributed by atoms with Crippen molar-refractivity contribution < 1.29 is 38.1 Å². The molecule has 0 bridgehead atoms. The molecule has 3 aliphatic heterocycles. The number of carbonyl (C=O) groups excluding carboxylic acids is 4. The third-order valence-corrected chi connectivity index (χ3v) is 9.85. The lowest BCUT2D eigenvalue weighted by Crippen LogP contribution is -2.55. The molecule has 3 atom stereocenters. The molecule has 0 aliphatic carbocycles. The predicted molar refractivity (Wildman–Crippen MR) is 195 cm³/mol. The van der Waals surface area contributed by atoms with Gasteiger partial charge in [-0.2, -0.15) is 0 Å². The Kier molecular flexibility index (Phi) is 12.9. The van der Waals surface area contributed by atoms with Crippen LogP contribution in [-0.2, 0) is 38.6 Å². The van der Waals surface area contributed by atoms with Gasteiger partial charge in [-0.3, -0.25) is 9.59 Å². The smallest absolute Gasteiger partial charge is 0.410 e. The summed E-state index contributed by atoms with van der Waals surface area (Å²) in [6.45, 7) is 3.85. The maximum absolute atomic E-state index is 13.5. The summed E-state index contributed by atoms with van der Waals surface area (Å²) in [5, 5.41) is 0. The van der Waals surface area contributed by atoms with Crippen LogP contribution >= 0.6 is 0 Å². The average molecular weight is 729 g/mol. The van der Waals surface area contributed by atoms with E-state index in [2.05, 4.69) is 0 Å². The van der Waals surface area contributed by atoms with Crippen molar-refractivity contribution in [2.75, 3.05) is 65.6 Å². The lowest BCUT2D eigenvalue weighted by atomic mass is 10.0. The van der Waals surface area contributed by atoms with Gasteiger partial charge in [0, 0.05) is 83.0 Å². The van der Waals surface area contributed by atoms with Gasteiger partial charge in [-0.15, -0.1) is 0 Å². The van der Waals surface area contributed by atoms with Crippen LogP contribution in [0.4, 0.5) is 9.59 Å². The highest BCUT2D eigenvalue weighted by molar-refractivity contribution is 5.95. The highest BCUT2D eigenvalue weighted by Crippen LogP contribution is 2.25. The Bertz CT molecular complexity index is 1710. The normalized spacial score (nSPS) is 20.5. The van der Waals surface area contributed by atoms with Gasteiger partial charge in [-0.05, 0) is 41.0 Å². The van der Waals surface area contributed by atoms with E-state index >= 15 is 0 Å². The fourth-order valence-electron chi connectivity index (χ4n) is 6.75. The van der Waals surface area contributed by atoms with Crippen molar-refractivity contribution in [3.8, 4) is 0 Å². The zero-order chi connectivity index (χ0) is 37.2. The van der Waals surface area contributed by atoms with Crippen LogP contribution in [0, 0.1) is 0 Å². The third-order valence-electron chi connectivity index (χ3n) is 9.85. The maximum Gasteiger partial charge on any atom is 0.410 e. The summed E-state index contributed by atoms with van der Waals surface area (Å²) in [5.74, 6) is -0.208. The zero-order valence-electron chi connectivity index (χ0n) is 29.8. The lowest BCUT2D eigenvalue weighted by Gasteiger charge is -2.39. The minimum absolute atomic E-state index is 0.103. The number of amides is 4. The van der Waals surface area contributed by atoms with Gasteiger partial charge in [0.05, 0.1) is 13.2 Å². The number of benzene rings is 3. The first kappa shape index (κ1) is 37.7. The third kappa shape index (κ3) is 9.70. The van der Waals surface area contributed by atoms with E-state index < -0.39 is 30.5 Å². The number of rotatable bonds is 10. The Labute approximate surface area is 309 Å². The minimum atomic E-state index is -0.711. The van der Waals surface area contributed by atoms with Gasteiger partial charge >= 0.3 is 12.2 Å². The molecule has 282 valence electrons. The summed E-state index contributed by atoms with van der Waals surface area (Å²) in [5.41, 5.74) is 15.3. The highest BCUT2D eigenvalue weighted by Gasteiger charge is 2.40. The number of nitrogens with two attached hydrogens (primary N) is 2. The predicted octanol–water partition coefficient (Wildman–Crippen LogP) is 2.84. The molecule has 3 aromatic rings. The van der Waals surface area contributed by atoms with Gasteiger partial charge < -0.3 is 50.0 Å². The summed E-state index contributed by atoms with van der Waals surface area (Å²) in [4.78, 5) is 59.4. The first-order chi connectivity index (χ1) is 25.8. The summed E-state index contributed by atoms with van der Waals surface area (Å²) in [6.07, 6.45) is -2.68. The largest absolute Gasteiger partial charge is 0.447 e. The molecule has 0 spiro atoms. The maximum atomic E-state index is 13.5. The van der Waals surface area contributed by atoms with Crippen molar-refractivity contribution >= 4 is 24.0 Å². The molecule has 0 saturated carbocycles. The average Bonchev–Trinajstić information content (AvgIpc) is 3.22. The van der Waals surface area contributed by atoms with E-state index in [1.165, 1.54) is 0 Å². The van der Waals surface area contributed by atoms with E-state index in [1.54, 1.807) is 43.9 Å². The minimum Gasteiger partial charge on any atom is -0.447 e. The molecule has 14 nitrogen and oxygen atoms in total. The fraction of sp³-hybridized carbons (Fsp3) is 0.436. The SMILES string of the molecule is NCc1cccc(C(=O)N2CCN(C(=O)OC[C@H]3OCC[C@@H](OC(=O)N4CCN(C(=O)c5cccc(CN)c5)CC4)[C@@H]3OCc3ccccc3)CC2)c1. The van der Waals surface area contributed by atoms with Crippen LogP contribution in [0.5, 0.6) is 0 Å². The Morgan fingerprint density at radius 2 is 1.15 bits per heavy atom. The fourth-order valence-corrected chi connectivity index (χ4v) is 6.75. The quantitative estimate of drug-likeness (QED) is 0.317. The van der Waals surface area contributed by atoms with Crippen molar-refractivity contribution in [1.82, 2.24) is 19.6 Å². The standard InChI is InChI=1S/C39H48N6O8/c40-24-29-8-4-10-31(22-29)36(46)42-13-17-44(18-14-42)38(48)52-27-34-35(51-26-28-6-2-1-3-7-28)33(12-21-50-34)53-39(49)45-19-15-43(16-20-45)37(47)32-11-5-9-30(23-32)25-41/h1-11,22-23,33-35H,12-21,24-27,40-41H2/t33-,34-,35+/m1/s1. The van der Waals surface area contributed by atoms with Crippen LogP contribution in [-0.4, -0.2) is 127 Å². The second kappa shape index (κ2) is 18.1. The molecule has 3 fully saturated rings. The molecule has 4 N–H and O–H groups in total. The van der Waals surface area contributed by atoms with E-state index in [0.717, 1.165) is 16.7 Å². The van der Waals surface area contributed by atoms with Crippen LogP contribution in [0.2, 0.25) is 0 Å². The first-order valence-electron chi connectivity index (χ1n) is 18.1. The van der Waals surface area contributed by atoms with E-state index in [1.807, 2.05) is 54.6 Å². The van der Waals surface area contributed by atoms with Crippen LogP contribution < -0.4 is 11.5 Å². The molecular formula is C39H48N6O8. The van der Waals surface area contributed by atoms with Crippen molar-refractivity contribution in [3.05, 3.63) is 107 Å². The Balaban J connectivity index is 1.02. The van der Waals surface area contributed by atoms with Crippen LogP contribution in [0.3, 0.4) is 0 Å². The van der Waals surface area contributed by atoms with Gasteiger partial charge in [0.2, 0.25) is 0 Å². The monoisotopic (exact) mass is 728 g/mol. The Morgan fingerprint density at radius 1 is 0.642 bits per heavy atom. The molecule has 53 heavy (non-hydrogen) atoms.